The number of rotatable bonds is 5. The Hall–Kier alpha value is -1.97. The molecule has 0 saturated carbocycles. The Morgan fingerprint density at radius 1 is 1.41 bits per heavy atom. The number of aliphatic carboxylic acids is 1. The van der Waals surface area contributed by atoms with Gasteiger partial charge in [-0.15, -0.1) is 11.3 Å². The van der Waals surface area contributed by atoms with Gasteiger partial charge in [0.2, 0.25) is 5.91 Å². The summed E-state index contributed by atoms with van der Waals surface area (Å²) < 4.78 is 8.36. The molecule has 2 aliphatic heterocycles. The van der Waals surface area contributed by atoms with Gasteiger partial charge in [-0.3, -0.25) is 9.20 Å². The third kappa shape index (κ3) is 2.98. The van der Waals surface area contributed by atoms with Crippen molar-refractivity contribution >= 4 is 41.9 Å². The molecule has 0 bridgehead atoms. The molecule has 1 N–H and O–H groups in total. The molecule has 0 aromatic carbocycles. The Labute approximate surface area is 175 Å². The second-order valence-electron chi connectivity index (χ2n) is 9.41. The molecule has 4 rings (SSSR count). The van der Waals surface area contributed by atoms with Crippen molar-refractivity contribution < 1.29 is 19.1 Å². The molecule has 0 unspecified atom stereocenters. The van der Waals surface area contributed by atoms with Gasteiger partial charge in [-0.25, -0.2) is 9.78 Å². The predicted molar refractivity (Wildman–Crippen MR) is 114 cm³/mol. The number of nitrogens with zero attached hydrogens (tertiary/aromatic N) is 3. The van der Waals surface area contributed by atoms with Crippen LogP contribution in [0.25, 0.3) is 10.4 Å². The summed E-state index contributed by atoms with van der Waals surface area (Å²) in [6, 6.07) is -0.186. The molecule has 2 aliphatic rings. The van der Waals surface area contributed by atoms with Gasteiger partial charge in [0.05, 0.1) is 24.3 Å². The fraction of sp³-hybridized carbons (Fsp3) is 0.550. The second kappa shape index (κ2) is 6.51. The number of hydrogen-bond donors (Lipinski definition) is 1. The highest BCUT2D eigenvalue weighted by molar-refractivity contribution is 7.15. The highest BCUT2D eigenvalue weighted by Gasteiger charge is 2.58. The number of thiazole rings is 1. The van der Waals surface area contributed by atoms with Gasteiger partial charge in [0, 0.05) is 23.6 Å². The quantitative estimate of drug-likeness (QED) is 0.572. The van der Waals surface area contributed by atoms with E-state index in [1.54, 1.807) is 17.5 Å². The minimum atomic E-state index is -2.04. The zero-order valence-electron chi connectivity index (χ0n) is 17.6. The predicted octanol–water partition coefficient (Wildman–Crippen LogP) is 3.83. The van der Waals surface area contributed by atoms with Crippen LogP contribution < -0.4 is 0 Å². The maximum absolute atomic E-state index is 13.0. The van der Waals surface area contributed by atoms with Crippen molar-refractivity contribution in [3.63, 3.8) is 0 Å². The van der Waals surface area contributed by atoms with Crippen molar-refractivity contribution in [1.82, 2.24) is 14.3 Å². The van der Waals surface area contributed by atoms with E-state index in [4.69, 9.17) is 4.43 Å². The van der Waals surface area contributed by atoms with Crippen LogP contribution >= 0.6 is 11.3 Å². The van der Waals surface area contributed by atoms with Gasteiger partial charge < -0.3 is 14.4 Å². The van der Waals surface area contributed by atoms with Crippen molar-refractivity contribution in [2.45, 2.75) is 64.4 Å². The minimum absolute atomic E-state index is 0.0411. The van der Waals surface area contributed by atoms with Crippen molar-refractivity contribution in [3.05, 3.63) is 29.3 Å². The average molecular weight is 434 g/mol. The molecule has 1 saturated heterocycles. The highest BCUT2D eigenvalue weighted by atomic mass is 32.1. The highest BCUT2D eigenvalue weighted by Crippen LogP contribution is 2.48. The number of imidazole rings is 1. The maximum atomic E-state index is 13.0. The molecule has 29 heavy (non-hydrogen) atoms. The molecule has 0 aliphatic carbocycles. The molecular weight excluding hydrogens is 406 g/mol. The number of hydrogen-bond acceptors (Lipinski definition) is 5. The Bertz CT molecular complexity index is 1030. The largest absolute Gasteiger partial charge is 0.477 e. The van der Waals surface area contributed by atoms with E-state index in [1.165, 1.54) is 4.90 Å². The zero-order chi connectivity index (χ0) is 21.3. The van der Waals surface area contributed by atoms with Crippen LogP contribution in [0.1, 0.15) is 39.9 Å². The Balaban J connectivity index is 1.63. The van der Waals surface area contributed by atoms with Crippen LogP contribution in [0.15, 0.2) is 23.5 Å². The topological polar surface area (TPSA) is 84.1 Å². The third-order valence-corrected chi connectivity index (χ3v) is 12.0. The van der Waals surface area contributed by atoms with Crippen molar-refractivity contribution in [1.29, 1.82) is 0 Å². The van der Waals surface area contributed by atoms with Gasteiger partial charge in [0.1, 0.15) is 16.4 Å². The summed E-state index contributed by atoms with van der Waals surface area (Å²) in [5.74, 6) is -0.961. The van der Waals surface area contributed by atoms with E-state index in [-0.39, 0.29) is 34.7 Å². The number of amides is 1. The Morgan fingerprint density at radius 2 is 2.10 bits per heavy atom. The van der Waals surface area contributed by atoms with E-state index in [2.05, 4.69) is 38.8 Å². The van der Waals surface area contributed by atoms with Crippen LogP contribution in [0.3, 0.4) is 0 Å². The molecule has 7 nitrogen and oxygen atoms in total. The maximum Gasteiger partial charge on any atom is 0.353 e. The fourth-order valence-corrected chi connectivity index (χ4v) is 6.26. The summed E-state index contributed by atoms with van der Waals surface area (Å²) in [4.78, 5) is 31.9. The summed E-state index contributed by atoms with van der Waals surface area (Å²) in [5, 5.41) is 11.8. The van der Waals surface area contributed by atoms with Gasteiger partial charge in [-0.2, -0.15) is 0 Å². The number of aromatic nitrogens is 2. The fourth-order valence-electron chi connectivity index (χ4n) is 4.13. The van der Waals surface area contributed by atoms with Crippen LogP contribution in [0.4, 0.5) is 0 Å². The third-order valence-electron chi connectivity index (χ3n) is 6.64. The molecule has 2 aromatic rings. The first kappa shape index (κ1) is 20.3. The van der Waals surface area contributed by atoms with Crippen molar-refractivity contribution in [3.8, 4) is 0 Å². The van der Waals surface area contributed by atoms with E-state index in [1.807, 2.05) is 22.9 Å². The lowest BCUT2D eigenvalue weighted by molar-refractivity contribution is -0.160. The standard InChI is InChI=1S/C20H27N3O4SSi/c1-11(27-29(5,6)20(2,3)4)15-13-9-12(16(19(25)26)23(13)18(15)24)17-21-10-14-22(17)7-8-28-14/h7-8,10-11,13,15H,9H2,1-6H3,(H,25,26)/t11-,13-,15-/m1/s1. The smallest absolute Gasteiger partial charge is 0.353 e. The van der Waals surface area contributed by atoms with E-state index in [0.717, 1.165) is 4.83 Å². The Kier molecular flexibility index (Phi) is 4.56. The monoisotopic (exact) mass is 433 g/mol. The summed E-state index contributed by atoms with van der Waals surface area (Å²) in [6.45, 7) is 12.8. The lowest BCUT2D eigenvalue weighted by atomic mass is 9.83. The van der Waals surface area contributed by atoms with Crippen LogP contribution in [0.5, 0.6) is 0 Å². The van der Waals surface area contributed by atoms with E-state index < -0.39 is 14.3 Å². The van der Waals surface area contributed by atoms with Gasteiger partial charge in [0.25, 0.3) is 0 Å². The van der Waals surface area contributed by atoms with Crippen LogP contribution in [0.2, 0.25) is 18.1 Å². The molecule has 4 heterocycles. The zero-order valence-corrected chi connectivity index (χ0v) is 19.4. The molecule has 1 fully saturated rings. The number of carboxylic acids is 1. The molecule has 2 aromatic heterocycles. The molecule has 9 heteroatoms. The second-order valence-corrected chi connectivity index (χ2v) is 15.1. The summed E-state index contributed by atoms with van der Waals surface area (Å²) >= 11 is 1.54. The van der Waals surface area contributed by atoms with Gasteiger partial charge >= 0.3 is 5.97 Å². The lowest BCUT2D eigenvalue weighted by Crippen LogP contribution is -2.63. The SMILES string of the molecule is C[C@@H](O[Si](C)(C)C(C)(C)C)[C@H]1C(=O)N2C(C(=O)O)=C(c3ncc4sccn34)C[C@H]12. The summed E-state index contributed by atoms with van der Waals surface area (Å²) in [5.41, 5.74) is 0.686. The van der Waals surface area contributed by atoms with E-state index in [0.29, 0.717) is 17.8 Å². The number of carbonyl (C=O) groups is 2. The molecule has 0 radical (unpaired) electrons. The van der Waals surface area contributed by atoms with Crippen LogP contribution in [-0.2, 0) is 14.0 Å². The van der Waals surface area contributed by atoms with Crippen molar-refractivity contribution in [2.75, 3.05) is 0 Å². The first-order valence-corrected chi connectivity index (χ1v) is 13.6. The number of fused-ring (bicyclic) bond motifs is 2. The normalized spacial score (nSPS) is 23.5. The van der Waals surface area contributed by atoms with E-state index >= 15 is 0 Å². The number of β-lactam (4-membered cyclic amide) rings is 1. The van der Waals surface area contributed by atoms with Gasteiger partial charge in [0.15, 0.2) is 8.32 Å². The molecular formula is C20H27N3O4SSi. The van der Waals surface area contributed by atoms with Crippen LogP contribution in [0, 0.1) is 5.92 Å². The Morgan fingerprint density at radius 3 is 2.72 bits per heavy atom. The number of carbonyl (C=O) groups excluding carboxylic acids is 1. The van der Waals surface area contributed by atoms with E-state index in [9.17, 15) is 14.7 Å². The number of carboxylic acid groups (broad SMARTS) is 1. The first-order chi connectivity index (χ1) is 13.4. The first-order valence-electron chi connectivity index (χ1n) is 9.82. The molecule has 3 atom stereocenters. The summed E-state index contributed by atoms with van der Waals surface area (Å²) in [7, 11) is -2.04. The summed E-state index contributed by atoms with van der Waals surface area (Å²) in [6.07, 6.45) is 3.86. The molecule has 0 spiro atoms. The minimum Gasteiger partial charge on any atom is -0.477 e. The molecule has 1 amide bonds. The van der Waals surface area contributed by atoms with Crippen LogP contribution in [-0.4, -0.2) is 51.7 Å². The van der Waals surface area contributed by atoms with Gasteiger partial charge in [-0.05, 0) is 25.1 Å². The van der Waals surface area contributed by atoms with Gasteiger partial charge in [-0.1, -0.05) is 20.8 Å². The average Bonchev–Trinajstić information content (AvgIpc) is 3.25. The molecule has 156 valence electrons. The van der Waals surface area contributed by atoms with Crippen molar-refractivity contribution in [2.24, 2.45) is 5.92 Å². The lowest BCUT2D eigenvalue weighted by Gasteiger charge is -2.48.